The van der Waals surface area contributed by atoms with E-state index in [4.69, 9.17) is 0 Å². The van der Waals surface area contributed by atoms with Gasteiger partial charge in [0.25, 0.3) is 11.5 Å². The second-order valence-electron chi connectivity index (χ2n) is 7.73. The van der Waals surface area contributed by atoms with E-state index in [1.807, 2.05) is 30.5 Å². The van der Waals surface area contributed by atoms with Crippen molar-refractivity contribution in [3.8, 4) is 11.5 Å². The third kappa shape index (κ3) is 5.22. The fraction of sp³-hybridized carbons (Fsp3) is 0.333. The molecule has 3 aromatic rings. The largest absolute Gasteiger partial charge is 0.344 e. The number of aryl methyl sites for hydroxylation is 2. The van der Waals surface area contributed by atoms with Crippen molar-refractivity contribution in [1.82, 2.24) is 20.3 Å². The first-order chi connectivity index (χ1) is 15.1. The lowest BCUT2D eigenvalue weighted by molar-refractivity contribution is 0.0934. The van der Waals surface area contributed by atoms with E-state index in [2.05, 4.69) is 26.3 Å². The zero-order valence-corrected chi connectivity index (χ0v) is 18.4. The van der Waals surface area contributed by atoms with Crippen LogP contribution in [0.25, 0.3) is 11.5 Å². The topological polar surface area (TPSA) is 87.7 Å². The summed E-state index contributed by atoms with van der Waals surface area (Å²) in [6, 6.07) is 12.5. The zero-order chi connectivity index (χ0) is 21.6. The SMILES string of the molecule is CSCC[C@@H](NC(=O)c1ccc2c(c1)CCCC2)c1cc(=O)[nH]c(-c2ccccn2)n1. The average molecular weight is 435 g/mol. The molecule has 1 aliphatic carbocycles. The summed E-state index contributed by atoms with van der Waals surface area (Å²) in [6.07, 6.45) is 8.84. The van der Waals surface area contributed by atoms with Gasteiger partial charge in [0.15, 0.2) is 5.82 Å². The molecule has 2 heterocycles. The summed E-state index contributed by atoms with van der Waals surface area (Å²) in [6.45, 7) is 0. The molecule has 0 bridgehead atoms. The lowest BCUT2D eigenvalue weighted by Gasteiger charge is -2.20. The Kier molecular flexibility index (Phi) is 6.82. The summed E-state index contributed by atoms with van der Waals surface area (Å²) in [5.74, 6) is 1.10. The number of aromatic nitrogens is 3. The molecule has 0 fully saturated rings. The van der Waals surface area contributed by atoms with Gasteiger partial charge in [-0.05, 0) is 79.5 Å². The maximum Gasteiger partial charge on any atom is 0.251 e. The molecule has 4 rings (SSSR count). The Balaban J connectivity index is 1.61. The Morgan fingerprint density at radius 3 is 2.77 bits per heavy atom. The first-order valence-electron chi connectivity index (χ1n) is 10.6. The van der Waals surface area contributed by atoms with Gasteiger partial charge >= 0.3 is 0 Å². The van der Waals surface area contributed by atoms with E-state index in [1.54, 1.807) is 24.0 Å². The number of aromatic amines is 1. The number of pyridine rings is 1. The quantitative estimate of drug-likeness (QED) is 0.588. The van der Waals surface area contributed by atoms with Gasteiger partial charge in [-0.1, -0.05) is 12.1 Å². The standard InChI is InChI=1S/C24H26N4O2S/c1-31-13-11-19(21-15-22(29)28-23(26-21)20-8-4-5-12-25-20)27-24(30)18-10-9-16-6-2-3-7-17(16)14-18/h4-5,8-10,12,14-15,19H,2-3,6-7,11,13H2,1H3,(H,27,30)(H,26,28,29)/t19-/m1/s1. The Labute approximate surface area is 185 Å². The third-order valence-corrected chi connectivity index (χ3v) is 6.20. The number of thioether (sulfide) groups is 1. The molecular weight excluding hydrogens is 408 g/mol. The molecule has 31 heavy (non-hydrogen) atoms. The van der Waals surface area contributed by atoms with Crippen molar-refractivity contribution in [3.63, 3.8) is 0 Å². The van der Waals surface area contributed by atoms with Crippen molar-refractivity contribution < 1.29 is 4.79 Å². The van der Waals surface area contributed by atoms with Gasteiger partial charge < -0.3 is 10.3 Å². The first-order valence-corrected chi connectivity index (χ1v) is 12.0. The number of H-pyrrole nitrogens is 1. The smallest absolute Gasteiger partial charge is 0.251 e. The number of nitrogens with zero attached hydrogens (tertiary/aromatic N) is 2. The Hall–Kier alpha value is -2.93. The number of carbonyl (C=O) groups is 1. The van der Waals surface area contributed by atoms with Crippen LogP contribution in [0.15, 0.2) is 53.5 Å². The van der Waals surface area contributed by atoms with Gasteiger partial charge in [-0.2, -0.15) is 11.8 Å². The van der Waals surface area contributed by atoms with Gasteiger partial charge in [-0.25, -0.2) is 4.98 Å². The number of amides is 1. The van der Waals surface area contributed by atoms with Gasteiger partial charge in [0.2, 0.25) is 0 Å². The van der Waals surface area contributed by atoms with Crippen LogP contribution in [0.4, 0.5) is 0 Å². The number of carbonyl (C=O) groups excluding carboxylic acids is 1. The van der Waals surface area contributed by atoms with Crippen molar-refractivity contribution >= 4 is 17.7 Å². The van der Waals surface area contributed by atoms with Crippen LogP contribution in [-0.2, 0) is 12.8 Å². The van der Waals surface area contributed by atoms with Crippen LogP contribution in [0.3, 0.4) is 0 Å². The fourth-order valence-electron chi connectivity index (χ4n) is 3.93. The van der Waals surface area contributed by atoms with Gasteiger partial charge in [-0.15, -0.1) is 0 Å². The molecule has 1 aromatic carbocycles. The molecule has 0 saturated heterocycles. The summed E-state index contributed by atoms with van der Waals surface area (Å²) >= 11 is 1.69. The van der Waals surface area contributed by atoms with Gasteiger partial charge in [-0.3, -0.25) is 14.6 Å². The van der Waals surface area contributed by atoms with Crippen molar-refractivity contribution in [2.75, 3.05) is 12.0 Å². The molecule has 0 unspecified atom stereocenters. The number of fused-ring (bicyclic) bond motifs is 1. The average Bonchev–Trinajstić information content (AvgIpc) is 2.81. The van der Waals surface area contributed by atoms with Crippen LogP contribution in [0.1, 0.15) is 52.5 Å². The lowest BCUT2D eigenvalue weighted by Crippen LogP contribution is -2.31. The van der Waals surface area contributed by atoms with Crippen LogP contribution in [0, 0.1) is 0 Å². The van der Waals surface area contributed by atoms with Crippen LogP contribution >= 0.6 is 11.8 Å². The highest BCUT2D eigenvalue weighted by Gasteiger charge is 2.20. The van der Waals surface area contributed by atoms with Crippen molar-refractivity contribution in [1.29, 1.82) is 0 Å². The second-order valence-corrected chi connectivity index (χ2v) is 8.72. The highest BCUT2D eigenvalue weighted by atomic mass is 32.2. The van der Waals surface area contributed by atoms with E-state index >= 15 is 0 Å². The van der Waals surface area contributed by atoms with E-state index in [9.17, 15) is 9.59 Å². The normalized spacial score (nSPS) is 14.0. The summed E-state index contributed by atoms with van der Waals surface area (Å²) in [5, 5.41) is 3.11. The number of hydrogen-bond acceptors (Lipinski definition) is 5. The van der Waals surface area contributed by atoms with E-state index in [0.717, 1.165) is 18.6 Å². The van der Waals surface area contributed by atoms with Crippen LogP contribution < -0.4 is 10.9 Å². The Morgan fingerprint density at radius 1 is 1.16 bits per heavy atom. The molecule has 0 aliphatic heterocycles. The van der Waals surface area contributed by atoms with Gasteiger partial charge in [0.1, 0.15) is 5.69 Å². The van der Waals surface area contributed by atoms with Crippen molar-refractivity contribution in [2.45, 2.75) is 38.1 Å². The molecule has 1 atom stereocenters. The lowest BCUT2D eigenvalue weighted by atomic mass is 9.90. The maximum atomic E-state index is 13.1. The maximum absolute atomic E-state index is 13.1. The Morgan fingerprint density at radius 2 is 2.00 bits per heavy atom. The summed E-state index contributed by atoms with van der Waals surface area (Å²) in [4.78, 5) is 37.1. The fourth-order valence-corrected chi connectivity index (χ4v) is 4.40. The van der Waals surface area contributed by atoms with E-state index in [-0.39, 0.29) is 17.5 Å². The molecule has 7 heteroatoms. The van der Waals surface area contributed by atoms with E-state index in [0.29, 0.717) is 29.2 Å². The first kappa shape index (κ1) is 21.3. The van der Waals surface area contributed by atoms with Gasteiger partial charge in [0, 0.05) is 17.8 Å². The predicted molar refractivity (Wildman–Crippen MR) is 124 cm³/mol. The molecule has 160 valence electrons. The molecular formula is C24H26N4O2S. The van der Waals surface area contributed by atoms with Crippen molar-refractivity contribution in [2.24, 2.45) is 0 Å². The van der Waals surface area contributed by atoms with E-state index < -0.39 is 0 Å². The summed E-state index contributed by atoms with van der Waals surface area (Å²) < 4.78 is 0. The number of hydrogen-bond donors (Lipinski definition) is 2. The molecule has 2 aromatic heterocycles. The zero-order valence-electron chi connectivity index (χ0n) is 17.6. The molecule has 0 radical (unpaired) electrons. The van der Waals surface area contributed by atoms with Crippen LogP contribution in [0.2, 0.25) is 0 Å². The van der Waals surface area contributed by atoms with Crippen LogP contribution in [0.5, 0.6) is 0 Å². The second kappa shape index (κ2) is 9.92. The molecule has 1 amide bonds. The molecule has 1 aliphatic rings. The molecule has 6 nitrogen and oxygen atoms in total. The highest BCUT2D eigenvalue weighted by molar-refractivity contribution is 7.98. The molecule has 0 saturated carbocycles. The van der Waals surface area contributed by atoms with E-state index in [1.165, 1.54) is 30.0 Å². The minimum atomic E-state index is -0.360. The Bertz CT molecular complexity index is 1110. The monoisotopic (exact) mass is 434 g/mol. The van der Waals surface area contributed by atoms with Crippen LogP contribution in [-0.4, -0.2) is 32.9 Å². The summed E-state index contributed by atoms with van der Waals surface area (Å²) in [5.41, 5.74) is 4.15. The van der Waals surface area contributed by atoms with Gasteiger partial charge in [0.05, 0.1) is 11.7 Å². The predicted octanol–water partition coefficient (Wildman–Crippen LogP) is 3.93. The minimum absolute atomic E-state index is 0.138. The third-order valence-electron chi connectivity index (χ3n) is 5.55. The number of nitrogens with one attached hydrogen (secondary N) is 2. The molecule has 2 N–H and O–H groups in total. The minimum Gasteiger partial charge on any atom is -0.344 e. The number of benzene rings is 1. The molecule has 0 spiro atoms. The number of rotatable bonds is 7. The summed E-state index contributed by atoms with van der Waals surface area (Å²) in [7, 11) is 0. The van der Waals surface area contributed by atoms with Crippen molar-refractivity contribution in [3.05, 3.63) is 81.4 Å². The highest BCUT2D eigenvalue weighted by Crippen LogP contribution is 2.23.